The van der Waals surface area contributed by atoms with Crippen LogP contribution in [0, 0.1) is 0 Å². The number of hydrogen-bond acceptors (Lipinski definition) is 2. The molecule has 1 saturated carbocycles. The van der Waals surface area contributed by atoms with Crippen LogP contribution in [0.2, 0.25) is 0 Å². The summed E-state index contributed by atoms with van der Waals surface area (Å²) in [6, 6.07) is 4.23. The van der Waals surface area contributed by atoms with E-state index in [0.29, 0.717) is 0 Å². The van der Waals surface area contributed by atoms with Gasteiger partial charge in [0.15, 0.2) is 0 Å². The van der Waals surface area contributed by atoms with Crippen molar-refractivity contribution in [2.75, 3.05) is 7.05 Å². The number of imidazole rings is 1. The lowest BCUT2D eigenvalue weighted by Gasteiger charge is -2.00. The molecule has 1 N–H and O–H groups in total. The van der Waals surface area contributed by atoms with E-state index in [9.17, 15) is 0 Å². The van der Waals surface area contributed by atoms with E-state index in [1.165, 1.54) is 24.1 Å². The fourth-order valence-electron chi connectivity index (χ4n) is 1.94. The molecule has 1 aliphatic carbocycles. The molecule has 0 aromatic carbocycles. The van der Waals surface area contributed by atoms with E-state index in [0.717, 1.165) is 18.1 Å². The first kappa shape index (κ1) is 8.92. The van der Waals surface area contributed by atoms with Crippen molar-refractivity contribution in [2.24, 2.45) is 0 Å². The zero-order valence-corrected chi connectivity index (χ0v) is 8.90. The first-order valence-electron chi connectivity index (χ1n) is 5.49. The topological polar surface area (TPSA) is 29.3 Å². The summed E-state index contributed by atoms with van der Waals surface area (Å²) in [5.74, 6) is 0.734. The molecule has 0 saturated heterocycles. The molecule has 0 atom stereocenters. The molecule has 2 aromatic heterocycles. The van der Waals surface area contributed by atoms with Crippen LogP contribution >= 0.6 is 0 Å². The Kier molecular flexibility index (Phi) is 1.99. The number of nitrogens with one attached hydrogen (secondary N) is 1. The predicted molar refractivity (Wildman–Crippen MR) is 59.9 cm³/mol. The summed E-state index contributed by atoms with van der Waals surface area (Å²) in [5, 5.41) is 3.16. The summed E-state index contributed by atoms with van der Waals surface area (Å²) in [6.45, 7) is 0.910. The summed E-state index contributed by atoms with van der Waals surface area (Å²) >= 11 is 0. The average molecular weight is 201 g/mol. The van der Waals surface area contributed by atoms with Crippen LogP contribution in [-0.4, -0.2) is 16.4 Å². The van der Waals surface area contributed by atoms with Gasteiger partial charge in [-0.15, -0.1) is 0 Å². The zero-order chi connectivity index (χ0) is 10.3. The molecule has 2 heterocycles. The standard InChI is InChI=1S/C12H15N3/c1-13-6-9-2-5-12-14-11(10-3-4-10)8-15(12)7-9/h2,5,7-8,10,13H,3-4,6H2,1H3. The molecule has 0 aliphatic heterocycles. The molecule has 1 fully saturated rings. The first-order chi connectivity index (χ1) is 7.36. The summed E-state index contributed by atoms with van der Waals surface area (Å²) in [7, 11) is 1.97. The van der Waals surface area contributed by atoms with Gasteiger partial charge in [0, 0.05) is 24.9 Å². The normalized spacial score (nSPS) is 16.1. The molecule has 0 radical (unpaired) electrons. The van der Waals surface area contributed by atoms with Crippen LogP contribution in [-0.2, 0) is 6.54 Å². The molecule has 15 heavy (non-hydrogen) atoms. The third-order valence-electron chi connectivity index (χ3n) is 2.91. The monoisotopic (exact) mass is 201 g/mol. The second-order valence-corrected chi connectivity index (χ2v) is 4.27. The summed E-state index contributed by atoms with van der Waals surface area (Å²) in [6.07, 6.45) is 6.96. The predicted octanol–water partition coefficient (Wildman–Crippen LogP) is 1.93. The van der Waals surface area contributed by atoms with E-state index >= 15 is 0 Å². The fourth-order valence-corrected chi connectivity index (χ4v) is 1.94. The fraction of sp³-hybridized carbons (Fsp3) is 0.417. The van der Waals surface area contributed by atoms with Gasteiger partial charge >= 0.3 is 0 Å². The Morgan fingerprint density at radius 1 is 1.40 bits per heavy atom. The van der Waals surface area contributed by atoms with Gasteiger partial charge in [0.25, 0.3) is 0 Å². The second kappa shape index (κ2) is 3.35. The minimum absolute atomic E-state index is 0.734. The second-order valence-electron chi connectivity index (χ2n) is 4.27. The molecule has 3 rings (SSSR count). The van der Waals surface area contributed by atoms with Crippen molar-refractivity contribution in [2.45, 2.75) is 25.3 Å². The smallest absolute Gasteiger partial charge is 0.137 e. The van der Waals surface area contributed by atoms with E-state index in [4.69, 9.17) is 0 Å². The van der Waals surface area contributed by atoms with Gasteiger partial charge in [0.2, 0.25) is 0 Å². The van der Waals surface area contributed by atoms with E-state index in [1.807, 2.05) is 7.05 Å². The van der Waals surface area contributed by atoms with Crippen LogP contribution in [0.5, 0.6) is 0 Å². The van der Waals surface area contributed by atoms with Crippen molar-refractivity contribution in [1.29, 1.82) is 0 Å². The zero-order valence-electron chi connectivity index (χ0n) is 8.90. The van der Waals surface area contributed by atoms with Gasteiger partial charge in [-0.3, -0.25) is 0 Å². The van der Waals surface area contributed by atoms with Gasteiger partial charge in [-0.1, -0.05) is 6.07 Å². The lowest BCUT2D eigenvalue weighted by molar-refractivity contribution is 0.811. The van der Waals surface area contributed by atoms with Crippen molar-refractivity contribution >= 4 is 5.65 Å². The Morgan fingerprint density at radius 2 is 2.27 bits per heavy atom. The highest BCUT2D eigenvalue weighted by molar-refractivity contribution is 5.42. The Hall–Kier alpha value is -1.35. The van der Waals surface area contributed by atoms with Crippen LogP contribution in [0.15, 0.2) is 24.5 Å². The molecule has 3 heteroatoms. The molecular weight excluding hydrogens is 186 g/mol. The number of rotatable bonds is 3. The lowest BCUT2D eigenvalue weighted by Crippen LogP contribution is -2.05. The summed E-state index contributed by atoms with van der Waals surface area (Å²) < 4.78 is 2.14. The van der Waals surface area contributed by atoms with E-state index in [2.05, 4.69) is 39.2 Å². The SMILES string of the molecule is CNCc1ccc2nc(C3CC3)cn2c1. The van der Waals surface area contributed by atoms with E-state index in [1.54, 1.807) is 0 Å². The maximum atomic E-state index is 4.62. The van der Waals surface area contributed by atoms with Crippen LogP contribution in [0.4, 0.5) is 0 Å². The average Bonchev–Trinajstić information content (AvgIpc) is 2.99. The number of fused-ring (bicyclic) bond motifs is 1. The molecule has 2 aromatic rings. The maximum Gasteiger partial charge on any atom is 0.137 e. The molecule has 0 spiro atoms. The number of pyridine rings is 1. The number of hydrogen-bond donors (Lipinski definition) is 1. The quantitative estimate of drug-likeness (QED) is 0.822. The Labute approximate surface area is 89.1 Å². The highest BCUT2D eigenvalue weighted by atomic mass is 15.0. The van der Waals surface area contributed by atoms with Gasteiger partial charge in [0.1, 0.15) is 5.65 Å². The molecule has 0 unspecified atom stereocenters. The Bertz CT molecular complexity index is 483. The van der Waals surface area contributed by atoms with Gasteiger partial charge in [-0.05, 0) is 31.5 Å². The summed E-state index contributed by atoms with van der Waals surface area (Å²) in [5.41, 5.74) is 3.62. The first-order valence-corrected chi connectivity index (χ1v) is 5.49. The van der Waals surface area contributed by atoms with Crippen molar-refractivity contribution in [3.63, 3.8) is 0 Å². The minimum Gasteiger partial charge on any atom is -0.316 e. The van der Waals surface area contributed by atoms with Gasteiger partial charge < -0.3 is 9.72 Å². The largest absolute Gasteiger partial charge is 0.316 e. The van der Waals surface area contributed by atoms with E-state index < -0.39 is 0 Å². The maximum absolute atomic E-state index is 4.62. The Balaban J connectivity index is 2.02. The van der Waals surface area contributed by atoms with Crippen molar-refractivity contribution in [3.8, 4) is 0 Å². The van der Waals surface area contributed by atoms with Crippen LogP contribution in [0.3, 0.4) is 0 Å². The molecule has 0 amide bonds. The third-order valence-corrected chi connectivity index (χ3v) is 2.91. The van der Waals surface area contributed by atoms with Gasteiger partial charge in [-0.2, -0.15) is 0 Å². The van der Waals surface area contributed by atoms with Crippen LogP contribution in [0.25, 0.3) is 5.65 Å². The highest BCUT2D eigenvalue weighted by Crippen LogP contribution is 2.39. The van der Waals surface area contributed by atoms with Crippen LogP contribution < -0.4 is 5.32 Å². The molecule has 78 valence electrons. The highest BCUT2D eigenvalue weighted by Gasteiger charge is 2.25. The van der Waals surface area contributed by atoms with Gasteiger partial charge in [-0.25, -0.2) is 4.98 Å². The van der Waals surface area contributed by atoms with Crippen molar-refractivity contribution < 1.29 is 0 Å². The number of aromatic nitrogens is 2. The number of nitrogens with zero attached hydrogens (tertiary/aromatic N) is 2. The lowest BCUT2D eigenvalue weighted by atomic mass is 10.3. The summed E-state index contributed by atoms with van der Waals surface area (Å²) in [4.78, 5) is 4.62. The molecule has 0 bridgehead atoms. The van der Waals surface area contributed by atoms with Gasteiger partial charge in [0.05, 0.1) is 5.69 Å². The molecule has 1 aliphatic rings. The van der Waals surface area contributed by atoms with Crippen LogP contribution in [0.1, 0.15) is 30.0 Å². The molecule has 3 nitrogen and oxygen atoms in total. The van der Waals surface area contributed by atoms with Crippen molar-refractivity contribution in [1.82, 2.24) is 14.7 Å². The minimum atomic E-state index is 0.734. The Morgan fingerprint density at radius 3 is 3.00 bits per heavy atom. The molecular formula is C12H15N3. The third kappa shape index (κ3) is 1.63. The van der Waals surface area contributed by atoms with E-state index in [-0.39, 0.29) is 0 Å². The van der Waals surface area contributed by atoms with Crippen molar-refractivity contribution in [3.05, 3.63) is 35.8 Å².